The first-order valence-corrected chi connectivity index (χ1v) is 3.09. The maximum Gasteiger partial charge on any atom is 1.00 e. The fraction of sp³-hybridized carbons (Fsp3) is 0.500. The molecule has 0 saturated heterocycles. The third kappa shape index (κ3) is 7.76. The third-order valence-corrected chi connectivity index (χ3v) is 0.991. The van der Waals surface area contributed by atoms with E-state index in [1.54, 1.807) is 0 Å². The summed E-state index contributed by atoms with van der Waals surface area (Å²) in [5, 5.41) is 26.9. The van der Waals surface area contributed by atoms with Crippen molar-refractivity contribution in [3.05, 3.63) is 0 Å². The number of carboxylic acids is 2. The largest absolute Gasteiger partial charge is 1.00 e. The Balaban J connectivity index is 0. The predicted octanol–water partition coefficient (Wildman–Crippen LogP) is -4.30. The average molecular weight is 197 g/mol. The summed E-state index contributed by atoms with van der Waals surface area (Å²) in [6, 6.07) is -1.47. The van der Waals surface area contributed by atoms with E-state index in [2.05, 4.69) is 4.99 Å². The van der Waals surface area contributed by atoms with Crippen molar-refractivity contribution < 1.29 is 54.5 Å². The van der Waals surface area contributed by atoms with E-state index < -0.39 is 30.3 Å². The van der Waals surface area contributed by atoms with Crippen molar-refractivity contribution >= 4 is 17.8 Å². The van der Waals surface area contributed by atoms with Gasteiger partial charge >= 0.3 is 41.5 Å². The zero-order chi connectivity index (χ0) is 9.72. The molecule has 0 fully saturated rings. The molecular formula is C6H8NNaO5. The van der Waals surface area contributed by atoms with E-state index in [4.69, 9.17) is 10.2 Å². The maximum atomic E-state index is 10.3. The van der Waals surface area contributed by atoms with Crippen LogP contribution in [0.15, 0.2) is 4.99 Å². The normalized spacial score (nSPS) is 12.8. The number of aliphatic carboxylic acids is 2. The fourth-order valence-corrected chi connectivity index (χ4v) is 0.573. The molecule has 0 unspecified atom stereocenters. The molecule has 0 amide bonds. The van der Waals surface area contributed by atoms with Gasteiger partial charge in [-0.1, -0.05) is 0 Å². The zero-order valence-corrected chi connectivity index (χ0v) is 9.35. The van der Waals surface area contributed by atoms with Crippen molar-refractivity contribution in [1.82, 2.24) is 0 Å². The fourth-order valence-electron chi connectivity index (χ4n) is 0.573. The molecule has 0 rings (SSSR count). The first kappa shape index (κ1) is 14.9. The number of carbonyl (C=O) groups is 2. The molecule has 68 valence electrons. The molecule has 0 heterocycles. The molecule has 0 aromatic carbocycles. The number of hydrogen-bond donors (Lipinski definition) is 2. The summed E-state index contributed by atoms with van der Waals surface area (Å²) in [4.78, 5) is 23.4. The minimum atomic E-state index is -1.47. The molecule has 0 aromatic heterocycles. The Morgan fingerprint density at radius 1 is 1.46 bits per heavy atom. The van der Waals surface area contributed by atoms with Crippen LogP contribution in [0.4, 0.5) is 0 Å². The number of rotatable bonds is 4. The van der Waals surface area contributed by atoms with Crippen LogP contribution in [0.2, 0.25) is 0 Å². The van der Waals surface area contributed by atoms with Gasteiger partial charge in [0.2, 0.25) is 0 Å². The zero-order valence-electron chi connectivity index (χ0n) is 7.35. The van der Waals surface area contributed by atoms with Gasteiger partial charge in [0, 0.05) is 0 Å². The van der Waals surface area contributed by atoms with Crippen LogP contribution in [0.5, 0.6) is 0 Å². The Bertz CT molecular complexity index is 223. The van der Waals surface area contributed by atoms with E-state index in [1.165, 1.54) is 0 Å². The second-order valence-electron chi connectivity index (χ2n) is 2.10. The molecule has 2 N–H and O–H groups in total. The van der Waals surface area contributed by atoms with Crippen molar-refractivity contribution in [2.45, 2.75) is 19.4 Å². The summed E-state index contributed by atoms with van der Waals surface area (Å²) in [5.74, 6) is -3.40. The standard InChI is InChI=1S/C6H9NO5.Na/c1-3(8)7-4(6(11)12)2-5(9)10;/h4H,2H2,1H3,(H,7,8)(H,9,10)(H,11,12);/q;+1/p-1/t4-;/m0./s1. The minimum Gasteiger partial charge on any atom is -0.862 e. The predicted molar refractivity (Wildman–Crippen MR) is 36.8 cm³/mol. The Morgan fingerprint density at radius 2 is 1.92 bits per heavy atom. The molecular weight excluding hydrogens is 189 g/mol. The molecule has 0 saturated carbocycles. The molecule has 0 radical (unpaired) electrons. The van der Waals surface area contributed by atoms with Crippen molar-refractivity contribution in [3.63, 3.8) is 0 Å². The summed E-state index contributed by atoms with van der Waals surface area (Å²) in [5.41, 5.74) is 0. The molecule has 7 heteroatoms. The van der Waals surface area contributed by atoms with E-state index in [-0.39, 0.29) is 29.6 Å². The molecule has 0 aliphatic heterocycles. The summed E-state index contributed by atoms with van der Waals surface area (Å²) in [7, 11) is 0. The molecule has 6 nitrogen and oxygen atoms in total. The van der Waals surface area contributed by atoms with E-state index in [9.17, 15) is 14.7 Å². The first-order chi connectivity index (χ1) is 5.43. The van der Waals surface area contributed by atoms with Gasteiger partial charge in [-0.05, 0) is 12.8 Å². The van der Waals surface area contributed by atoms with Crippen LogP contribution in [-0.2, 0) is 9.59 Å². The molecule has 0 spiro atoms. The average Bonchev–Trinajstić information content (AvgIpc) is 1.83. The molecule has 13 heavy (non-hydrogen) atoms. The van der Waals surface area contributed by atoms with Crippen LogP contribution in [0.25, 0.3) is 0 Å². The molecule has 0 aromatic rings. The van der Waals surface area contributed by atoms with Gasteiger partial charge in [0.1, 0.15) is 0 Å². The Morgan fingerprint density at radius 3 is 2.15 bits per heavy atom. The van der Waals surface area contributed by atoms with Crippen molar-refractivity contribution in [3.8, 4) is 0 Å². The summed E-state index contributed by atoms with van der Waals surface area (Å²) < 4.78 is 0. The SMILES string of the molecule is CC([O-])=N[C@@H](CC(=O)O)C(=O)O.[Na+]. The number of carboxylic acid groups (broad SMARTS) is 2. The van der Waals surface area contributed by atoms with Gasteiger partial charge in [-0.15, -0.1) is 0 Å². The Kier molecular flexibility index (Phi) is 7.89. The Hall–Kier alpha value is -0.590. The molecule has 1 atom stereocenters. The number of aliphatic imine (C=N–C) groups is 1. The Labute approximate surface area is 96.6 Å². The van der Waals surface area contributed by atoms with E-state index >= 15 is 0 Å². The van der Waals surface area contributed by atoms with Crippen LogP contribution in [-0.4, -0.2) is 34.1 Å². The molecule has 0 bridgehead atoms. The minimum absolute atomic E-state index is 0. The van der Waals surface area contributed by atoms with Crippen LogP contribution < -0.4 is 34.7 Å². The second-order valence-corrected chi connectivity index (χ2v) is 2.10. The number of hydrogen-bond acceptors (Lipinski definition) is 4. The van der Waals surface area contributed by atoms with Gasteiger partial charge in [0.25, 0.3) is 0 Å². The summed E-state index contributed by atoms with van der Waals surface area (Å²) in [6.45, 7) is 1.07. The summed E-state index contributed by atoms with van der Waals surface area (Å²) >= 11 is 0. The smallest absolute Gasteiger partial charge is 0.862 e. The monoisotopic (exact) mass is 197 g/mol. The van der Waals surface area contributed by atoms with Gasteiger partial charge in [0.15, 0.2) is 6.04 Å². The topological polar surface area (TPSA) is 110 Å². The van der Waals surface area contributed by atoms with Gasteiger partial charge in [-0.3, -0.25) is 9.79 Å². The van der Waals surface area contributed by atoms with Crippen molar-refractivity contribution in [1.29, 1.82) is 0 Å². The van der Waals surface area contributed by atoms with Crippen LogP contribution in [0.1, 0.15) is 13.3 Å². The second kappa shape index (κ2) is 6.88. The van der Waals surface area contributed by atoms with Crippen molar-refractivity contribution in [2.75, 3.05) is 0 Å². The number of nitrogens with zero attached hydrogens (tertiary/aromatic N) is 1. The molecule has 0 aliphatic carbocycles. The quantitative estimate of drug-likeness (QED) is 0.269. The van der Waals surface area contributed by atoms with Crippen molar-refractivity contribution in [2.24, 2.45) is 4.99 Å². The van der Waals surface area contributed by atoms with Crippen LogP contribution >= 0.6 is 0 Å². The van der Waals surface area contributed by atoms with Gasteiger partial charge in [-0.25, -0.2) is 4.79 Å². The molecule has 0 aliphatic rings. The van der Waals surface area contributed by atoms with Gasteiger partial charge in [-0.2, -0.15) is 0 Å². The van der Waals surface area contributed by atoms with Gasteiger partial charge in [0.05, 0.1) is 6.42 Å². The van der Waals surface area contributed by atoms with E-state index in [1.807, 2.05) is 0 Å². The first-order valence-electron chi connectivity index (χ1n) is 3.09. The van der Waals surface area contributed by atoms with E-state index in [0.717, 1.165) is 6.92 Å². The van der Waals surface area contributed by atoms with Crippen LogP contribution in [0.3, 0.4) is 0 Å². The van der Waals surface area contributed by atoms with Crippen LogP contribution in [0, 0.1) is 0 Å². The van der Waals surface area contributed by atoms with E-state index in [0.29, 0.717) is 0 Å². The van der Waals surface area contributed by atoms with Gasteiger partial charge < -0.3 is 15.3 Å². The third-order valence-electron chi connectivity index (χ3n) is 0.991. The summed E-state index contributed by atoms with van der Waals surface area (Å²) in [6.07, 6.45) is -0.672. The maximum absolute atomic E-state index is 10.3.